The molecule has 0 aromatic carbocycles. The number of rotatable bonds is 7. The van der Waals surface area contributed by atoms with E-state index in [1.165, 1.54) is 0 Å². The van der Waals surface area contributed by atoms with Crippen molar-refractivity contribution in [3.05, 3.63) is 0 Å². The van der Waals surface area contributed by atoms with Crippen molar-refractivity contribution in [2.45, 2.75) is 64.6 Å². The molecule has 0 aliphatic heterocycles. The van der Waals surface area contributed by atoms with Gasteiger partial charge in [0.15, 0.2) is 0 Å². The maximum absolute atomic E-state index is 11.9. The molecule has 1 aliphatic rings. The Morgan fingerprint density at radius 2 is 2.06 bits per heavy atom. The van der Waals surface area contributed by atoms with Crippen LogP contribution in [-0.4, -0.2) is 35.2 Å². The van der Waals surface area contributed by atoms with Crippen LogP contribution in [0.5, 0.6) is 0 Å². The molecule has 1 rings (SSSR count). The molecule has 3 N–H and O–H groups in total. The fourth-order valence-corrected chi connectivity index (χ4v) is 1.57. The SMILES string of the molecule is CCC(C)(C)NC(=O)C(C)NCC(O)C1CC1. The zero-order valence-corrected chi connectivity index (χ0v) is 11.4. The second-order valence-electron chi connectivity index (χ2n) is 5.76. The van der Waals surface area contributed by atoms with Crippen molar-refractivity contribution < 1.29 is 9.90 Å². The molecule has 1 fully saturated rings. The van der Waals surface area contributed by atoms with Crippen LogP contribution in [0.1, 0.15) is 47.0 Å². The van der Waals surface area contributed by atoms with Gasteiger partial charge in [-0.05, 0) is 46.0 Å². The van der Waals surface area contributed by atoms with E-state index < -0.39 is 0 Å². The average molecular weight is 242 g/mol. The van der Waals surface area contributed by atoms with Gasteiger partial charge in [0, 0.05) is 12.1 Å². The Hall–Kier alpha value is -0.610. The van der Waals surface area contributed by atoms with Crippen molar-refractivity contribution in [1.82, 2.24) is 10.6 Å². The lowest BCUT2D eigenvalue weighted by Gasteiger charge is -2.27. The highest BCUT2D eigenvalue weighted by Gasteiger charge is 2.30. The van der Waals surface area contributed by atoms with Crippen LogP contribution >= 0.6 is 0 Å². The molecule has 0 spiro atoms. The van der Waals surface area contributed by atoms with Crippen molar-refractivity contribution in [3.8, 4) is 0 Å². The van der Waals surface area contributed by atoms with Gasteiger partial charge in [0.05, 0.1) is 12.1 Å². The third-order valence-electron chi connectivity index (χ3n) is 3.54. The van der Waals surface area contributed by atoms with Crippen LogP contribution in [0.3, 0.4) is 0 Å². The van der Waals surface area contributed by atoms with Gasteiger partial charge in [-0.1, -0.05) is 6.92 Å². The molecule has 2 atom stereocenters. The molecule has 17 heavy (non-hydrogen) atoms. The van der Waals surface area contributed by atoms with Crippen LogP contribution in [0.4, 0.5) is 0 Å². The van der Waals surface area contributed by atoms with Gasteiger partial charge in [-0.25, -0.2) is 0 Å². The molecular formula is C13H26N2O2. The average Bonchev–Trinajstić information content (AvgIpc) is 3.08. The summed E-state index contributed by atoms with van der Waals surface area (Å²) >= 11 is 0. The van der Waals surface area contributed by atoms with Crippen LogP contribution in [0.2, 0.25) is 0 Å². The largest absolute Gasteiger partial charge is 0.392 e. The molecule has 0 heterocycles. The first-order valence-electron chi connectivity index (χ1n) is 6.59. The summed E-state index contributed by atoms with van der Waals surface area (Å²) in [4.78, 5) is 11.9. The Balaban J connectivity index is 2.26. The molecule has 1 saturated carbocycles. The summed E-state index contributed by atoms with van der Waals surface area (Å²) < 4.78 is 0. The fourth-order valence-electron chi connectivity index (χ4n) is 1.57. The fraction of sp³-hybridized carbons (Fsp3) is 0.923. The summed E-state index contributed by atoms with van der Waals surface area (Å²) in [5.74, 6) is 0.449. The summed E-state index contributed by atoms with van der Waals surface area (Å²) in [5, 5.41) is 15.8. The number of amides is 1. The highest BCUT2D eigenvalue weighted by Crippen LogP contribution is 2.32. The third kappa shape index (κ3) is 5.04. The summed E-state index contributed by atoms with van der Waals surface area (Å²) in [6, 6.07) is -0.255. The smallest absolute Gasteiger partial charge is 0.237 e. The van der Waals surface area contributed by atoms with E-state index in [0.717, 1.165) is 19.3 Å². The predicted molar refractivity (Wildman–Crippen MR) is 68.7 cm³/mol. The number of aliphatic hydroxyl groups excluding tert-OH is 1. The Morgan fingerprint density at radius 1 is 1.47 bits per heavy atom. The minimum absolute atomic E-state index is 0.000142. The number of hydrogen-bond acceptors (Lipinski definition) is 3. The quantitative estimate of drug-likeness (QED) is 0.625. The van der Waals surface area contributed by atoms with E-state index >= 15 is 0 Å². The van der Waals surface area contributed by atoms with Crippen molar-refractivity contribution in [3.63, 3.8) is 0 Å². The van der Waals surface area contributed by atoms with Crippen LogP contribution in [0.25, 0.3) is 0 Å². The van der Waals surface area contributed by atoms with E-state index in [9.17, 15) is 9.90 Å². The van der Waals surface area contributed by atoms with Gasteiger partial charge < -0.3 is 15.7 Å². The van der Waals surface area contributed by atoms with E-state index in [-0.39, 0.29) is 23.6 Å². The number of nitrogens with one attached hydrogen (secondary N) is 2. The van der Waals surface area contributed by atoms with Crippen molar-refractivity contribution in [1.29, 1.82) is 0 Å². The maximum atomic E-state index is 11.9. The number of carbonyl (C=O) groups is 1. The van der Waals surface area contributed by atoms with Gasteiger partial charge in [0.2, 0.25) is 5.91 Å². The first-order valence-corrected chi connectivity index (χ1v) is 6.59. The molecule has 0 saturated heterocycles. The van der Waals surface area contributed by atoms with Crippen molar-refractivity contribution in [2.24, 2.45) is 5.92 Å². The first kappa shape index (κ1) is 14.5. The first-order chi connectivity index (χ1) is 7.85. The summed E-state index contributed by atoms with van der Waals surface area (Å²) in [5.41, 5.74) is -0.165. The minimum atomic E-state index is -0.301. The molecule has 4 nitrogen and oxygen atoms in total. The summed E-state index contributed by atoms with van der Waals surface area (Å²) in [6.07, 6.45) is 2.83. The monoisotopic (exact) mass is 242 g/mol. The molecule has 1 aliphatic carbocycles. The normalized spacial score (nSPS) is 19.8. The Morgan fingerprint density at radius 3 is 2.53 bits per heavy atom. The summed E-state index contributed by atoms with van der Waals surface area (Å²) in [6.45, 7) is 8.41. The summed E-state index contributed by atoms with van der Waals surface area (Å²) in [7, 11) is 0. The number of aliphatic hydroxyl groups is 1. The van der Waals surface area contributed by atoms with Crippen LogP contribution in [0.15, 0.2) is 0 Å². The number of carbonyl (C=O) groups excluding carboxylic acids is 1. The molecule has 0 bridgehead atoms. The highest BCUT2D eigenvalue weighted by atomic mass is 16.3. The van der Waals surface area contributed by atoms with Crippen molar-refractivity contribution >= 4 is 5.91 Å². The minimum Gasteiger partial charge on any atom is -0.392 e. The molecular weight excluding hydrogens is 216 g/mol. The van der Waals surface area contributed by atoms with E-state index in [1.54, 1.807) is 0 Å². The van der Waals surface area contributed by atoms with Gasteiger partial charge in [-0.2, -0.15) is 0 Å². The molecule has 0 radical (unpaired) electrons. The van der Waals surface area contributed by atoms with Gasteiger partial charge in [-0.15, -0.1) is 0 Å². The Labute approximate surface area is 104 Å². The van der Waals surface area contributed by atoms with Crippen LogP contribution < -0.4 is 10.6 Å². The topological polar surface area (TPSA) is 61.4 Å². The lowest BCUT2D eigenvalue weighted by atomic mass is 10.0. The van der Waals surface area contributed by atoms with Gasteiger partial charge in [0.1, 0.15) is 0 Å². The lowest BCUT2D eigenvalue weighted by Crippen LogP contribution is -2.51. The van der Waals surface area contributed by atoms with Gasteiger partial charge in [0.25, 0.3) is 0 Å². The second-order valence-corrected chi connectivity index (χ2v) is 5.76. The van der Waals surface area contributed by atoms with E-state index in [1.807, 2.05) is 20.8 Å². The Bertz CT molecular complexity index is 262. The lowest BCUT2D eigenvalue weighted by molar-refractivity contribution is -0.124. The Kier molecular flexibility index (Phi) is 4.95. The second kappa shape index (κ2) is 5.83. The zero-order chi connectivity index (χ0) is 13.1. The maximum Gasteiger partial charge on any atom is 0.237 e. The highest BCUT2D eigenvalue weighted by molar-refractivity contribution is 5.81. The standard InChI is InChI=1S/C13H26N2O2/c1-5-13(3,4)15-12(17)9(2)14-8-11(16)10-6-7-10/h9-11,14,16H,5-8H2,1-4H3,(H,15,17). The predicted octanol–water partition coefficient (Wildman–Crippen LogP) is 1.04. The molecule has 0 aromatic rings. The van der Waals surface area contributed by atoms with E-state index in [2.05, 4.69) is 17.6 Å². The molecule has 0 aromatic heterocycles. The zero-order valence-electron chi connectivity index (χ0n) is 11.4. The third-order valence-corrected chi connectivity index (χ3v) is 3.54. The van der Waals surface area contributed by atoms with Crippen LogP contribution in [0, 0.1) is 5.92 Å². The number of hydrogen-bond donors (Lipinski definition) is 3. The van der Waals surface area contributed by atoms with Gasteiger partial charge >= 0.3 is 0 Å². The van der Waals surface area contributed by atoms with Crippen molar-refractivity contribution in [2.75, 3.05) is 6.54 Å². The molecule has 4 heteroatoms. The van der Waals surface area contributed by atoms with Gasteiger partial charge in [-0.3, -0.25) is 4.79 Å². The van der Waals surface area contributed by atoms with E-state index in [0.29, 0.717) is 12.5 Å². The van der Waals surface area contributed by atoms with Crippen LogP contribution in [-0.2, 0) is 4.79 Å². The molecule has 1 amide bonds. The molecule has 2 unspecified atom stereocenters. The van der Waals surface area contributed by atoms with E-state index in [4.69, 9.17) is 0 Å². The molecule has 100 valence electrons.